The van der Waals surface area contributed by atoms with Crippen molar-refractivity contribution in [1.82, 2.24) is 9.97 Å². The third-order valence-electron chi connectivity index (χ3n) is 11.2. The van der Waals surface area contributed by atoms with Crippen LogP contribution in [0.5, 0.6) is 0 Å². The summed E-state index contributed by atoms with van der Waals surface area (Å²) in [6.07, 6.45) is -7.25. The molecule has 62 heavy (non-hydrogen) atoms. The number of carbonyl (C=O) groups is 3. The zero-order valence-corrected chi connectivity index (χ0v) is 33.1. The monoisotopic (exact) mass is 836 g/mol. The molecule has 0 aliphatic heterocycles. The van der Waals surface area contributed by atoms with Crippen LogP contribution in [-0.2, 0) is 17.1 Å². The Morgan fingerprint density at radius 2 is 0.806 bits per heavy atom. The van der Waals surface area contributed by atoms with Gasteiger partial charge in [-0.3, -0.25) is 24.4 Å². The summed E-state index contributed by atoms with van der Waals surface area (Å²) in [5.41, 5.74) is -0.215. The Morgan fingerprint density at radius 3 is 1.18 bits per heavy atom. The first kappa shape index (κ1) is 41.5. The van der Waals surface area contributed by atoms with Crippen LogP contribution in [-0.4, -0.2) is 27.3 Å². The Kier molecular flexibility index (Phi) is 10.9. The molecule has 8 rings (SSSR count). The number of benzene rings is 6. The lowest BCUT2D eigenvalue weighted by Crippen LogP contribution is -2.19. The number of hydrogen-bond acceptors (Lipinski definition) is 5. The molecule has 6 aromatic carbocycles. The molecule has 2 heterocycles. The van der Waals surface area contributed by atoms with Crippen LogP contribution in [0.1, 0.15) is 79.8 Å². The first-order chi connectivity index (χ1) is 29.7. The molecule has 2 atom stereocenters. The molecule has 0 saturated heterocycles. The topological polar surface area (TPSA) is 77.0 Å². The van der Waals surface area contributed by atoms with Crippen LogP contribution >= 0.6 is 0 Å². The number of Topliss-reactive ketones (excluding diaryl/α,β-unsaturated/α-hetero) is 1. The Morgan fingerprint density at radius 1 is 0.452 bits per heavy atom. The average Bonchev–Trinajstić information content (AvgIpc) is 3.29. The van der Waals surface area contributed by atoms with Crippen LogP contribution in [0.25, 0.3) is 44.1 Å². The largest absolute Gasteiger partial charge is 0.418 e. The highest BCUT2D eigenvalue weighted by Gasteiger charge is 2.37. The highest BCUT2D eigenvalue weighted by molar-refractivity contribution is 6.18. The van der Waals surface area contributed by atoms with Crippen molar-refractivity contribution in [2.45, 2.75) is 38.0 Å². The van der Waals surface area contributed by atoms with Crippen molar-refractivity contribution in [1.29, 1.82) is 0 Å². The number of rotatable bonds is 10. The van der Waals surface area contributed by atoms with E-state index in [1.807, 2.05) is 0 Å². The van der Waals surface area contributed by atoms with Gasteiger partial charge in [0.2, 0.25) is 0 Å². The predicted octanol–water partition coefficient (Wildman–Crippen LogP) is 13.1. The van der Waals surface area contributed by atoms with Crippen LogP contribution in [0.15, 0.2) is 158 Å². The highest BCUT2D eigenvalue weighted by Crippen LogP contribution is 2.45. The second-order valence-electron chi connectivity index (χ2n) is 14.9. The van der Waals surface area contributed by atoms with Crippen molar-refractivity contribution in [2.75, 3.05) is 0 Å². The zero-order chi connectivity index (χ0) is 43.9. The number of carbonyl (C=O) groups excluding carboxylic acids is 3. The smallest absolute Gasteiger partial charge is 0.298 e. The van der Waals surface area contributed by atoms with Crippen molar-refractivity contribution in [3.05, 3.63) is 202 Å². The predicted molar refractivity (Wildman–Crippen MR) is 226 cm³/mol. The number of nitrogens with zero attached hydrogens (tertiary/aromatic N) is 2. The molecule has 2 aromatic heterocycles. The summed E-state index contributed by atoms with van der Waals surface area (Å²) >= 11 is 0. The van der Waals surface area contributed by atoms with Gasteiger partial charge in [-0.15, -0.1) is 0 Å². The fourth-order valence-electron chi connectivity index (χ4n) is 8.20. The highest BCUT2D eigenvalue weighted by atomic mass is 19.4. The number of para-hydroxylation sites is 2. The maximum Gasteiger partial charge on any atom is 0.418 e. The van der Waals surface area contributed by atoms with Gasteiger partial charge in [0.05, 0.1) is 22.2 Å². The molecule has 0 aliphatic carbocycles. The summed E-state index contributed by atoms with van der Waals surface area (Å²) in [5.74, 6) is -3.20. The third-order valence-corrected chi connectivity index (χ3v) is 11.2. The summed E-state index contributed by atoms with van der Waals surface area (Å²) in [6, 6.07) is 37.1. The van der Waals surface area contributed by atoms with E-state index < -0.39 is 46.9 Å². The van der Waals surface area contributed by atoms with Gasteiger partial charge in [0, 0.05) is 68.4 Å². The average molecular weight is 837 g/mol. The maximum absolute atomic E-state index is 14.9. The van der Waals surface area contributed by atoms with E-state index in [1.165, 1.54) is 24.3 Å². The minimum Gasteiger partial charge on any atom is -0.298 e. The van der Waals surface area contributed by atoms with Crippen molar-refractivity contribution < 1.29 is 40.7 Å². The molecule has 0 saturated carbocycles. The fourth-order valence-corrected chi connectivity index (χ4v) is 8.20. The molecule has 0 aliphatic rings. The van der Waals surface area contributed by atoms with Crippen LogP contribution < -0.4 is 0 Å². The summed E-state index contributed by atoms with van der Waals surface area (Å²) in [7, 11) is 0. The van der Waals surface area contributed by atoms with Crippen LogP contribution in [0.3, 0.4) is 0 Å². The van der Waals surface area contributed by atoms with Crippen LogP contribution in [0, 0.1) is 0 Å². The summed E-state index contributed by atoms with van der Waals surface area (Å²) in [4.78, 5) is 51.6. The lowest BCUT2D eigenvalue weighted by Gasteiger charge is -2.24. The van der Waals surface area contributed by atoms with Gasteiger partial charge in [-0.1, -0.05) is 147 Å². The van der Waals surface area contributed by atoms with Gasteiger partial charge in [-0.25, -0.2) is 0 Å². The second-order valence-corrected chi connectivity index (χ2v) is 14.9. The van der Waals surface area contributed by atoms with E-state index in [4.69, 9.17) is 0 Å². The second kappa shape index (κ2) is 16.3. The maximum atomic E-state index is 14.9. The molecule has 2 unspecified atom stereocenters. The molecule has 0 bridgehead atoms. The summed E-state index contributed by atoms with van der Waals surface area (Å²) in [6.45, 7) is 3.32. The van der Waals surface area contributed by atoms with E-state index >= 15 is 0 Å². The van der Waals surface area contributed by atoms with Gasteiger partial charge < -0.3 is 0 Å². The van der Waals surface area contributed by atoms with E-state index in [0.717, 1.165) is 24.5 Å². The third kappa shape index (κ3) is 7.55. The van der Waals surface area contributed by atoms with E-state index in [2.05, 4.69) is 9.97 Å². The van der Waals surface area contributed by atoms with Gasteiger partial charge >= 0.3 is 12.4 Å². The van der Waals surface area contributed by atoms with Crippen LogP contribution in [0.4, 0.5) is 26.3 Å². The van der Waals surface area contributed by atoms with Crippen molar-refractivity contribution in [3.63, 3.8) is 0 Å². The Labute approximate surface area is 351 Å². The molecule has 0 amide bonds. The molecule has 0 N–H and O–H groups in total. The van der Waals surface area contributed by atoms with Crippen molar-refractivity contribution in [3.8, 4) is 22.3 Å². The van der Waals surface area contributed by atoms with Gasteiger partial charge in [0.25, 0.3) is 0 Å². The first-order valence-corrected chi connectivity index (χ1v) is 19.6. The van der Waals surface area contributed by atoms with E-state index in [9.17, 15) is 40.7 Å². The molecule has 0 radical (unpaired) electrons. The number of aromatic nitrogens is 2. The molecule has 5 nitrogen and oxygen atoms in total. The number of fused-ring (bicyclic) bond motifs is 2. The lowest BCUT2D eigenvalue weighted by molar-refractivity contribution is -0.137. The van der Waals surface area contributed by atoms with E-state index in [-0.39, 0.29) is 61.0 Å². The SMILES string of the molecule is CC(C(=O)C(C)c1ccccc1-c1c(C(=O)c2ccccc2)cnc2c(C(F)(F)F)cccc12)c1ccccc1-c1c(C(=O)c2ccccc2)cnc2c(C(F)(F)F)cccc12. The minimum absolute atomic E-state index is 0.0342. The molecular formula is C51H34F6N2O3. The molecule has 8 aromatic rings. The van der Waals surface area contributed by atoms with E-state index in [0.29, 0.717) is 22.3 Å². The number of pyridine rings is 2. The quantitative estimate of drug-likeness (QED) is 0.101. The van der Waals surface area contributed by atoms with Crippen molar-refractivity contribution in [2.24, 2.45) is 0 Å². The lowest BCUT2D eigenvalue weighted by atomic mass is 9.79. The molecule has 0 spiro atoms. The standard InChI is InChI=1S/C51H34F6N2O3/c1-29(33-19-9-11-21-35(33)43-37-23-13-25-41(50(52,53)54)45(37)58-27-39(43)48(61)31-15-5-3-6-16-31)47(60)30(2)34-20-10-12-22-36(34)44-38-24-14-26-42(51(55,56)57)46(38)59-28-40(44)49(62)32-17-7-4-8-18-32/h3-30H,1-2H3. The molecule has 11 heteroatoms. The van der Waals surface area contributed by atoms with Gasteiger partial charge in [0.1, 0.15) is 5.78 Å². The normalized spacial score (nSPS) is 12.9. The number of halogens is 6. The first-order valence-electron chi connectivity index (χ1n) is 19.6. The molecular weight excluding hydrogens is 803 g/mol. The summed E-state index contributed by atoms with van der Waals surface area (Å²) in [5, 5.41) is 0.121. The summed E-state index contributed by atoms with van der Waals surface area (Å²) < 4.78 is 86.3. The number of hydrogen-bond donors (Lipinski definition) is 0. The fraction of sp³-hybridized carbons (Fsp3) is 0.118. The van der Waals surface area contributed by atoms with Crippen LogP contribution in [0.2, 0.25) is 0 Å². The zero-order valence-electron chi connectivity index (χ0n) is 33.1. The van der Waals surface area contributed by atoms with Gasteiger partial charge in [-0.2, -0.15) is 26.3 Å². The van der Waals surface area contributed by atoms with Gasteiger partial charge in [-0.05, 0) is 34.4 Å². The Balaban J connectivity index is 1.29. The van der Waals surface area contributed by atoms with Crippen molar-refractivity contribution >= 4 is 39.2 Å². The Bertz CT molecular complexity index is 2830. The number of alkyl halides is 6. The van der Waals surface area contributed by atoms with Gasteiger partial charge in [0.15, 0.2) is 11.6 Å². The molecule has 0 fully saturated rings. The van der Waals surface area contributed by atoms with E-state index in [1.54, 1.807) is 123 Å². The number of ketones is 3. The molecule has 308 valence electrons. The minimum atomic E-state index is -4.76. The Hall–Kier alpha value is -7.27.